The Balaban J connectivity index is 0.00000220. The Labute approximate surface area is 130 Å². The summed E-state index contributed by atoms with van der Waals surface area (Å²) in [5.74, 6) is 0.847. The van der Waals surface area contributed by atoms with Crippen LogP contribution in [0.5, 0.6) is 5.75 Å². The highest BCUT2D eigenvalue weighted by Crippen LogP contribution is 2.32. The smallest absolute Gasteiger partial charge is 0.227 e. The van der Waals surface area contributed by atoms with Gasteiger partial charge in [0.15, 0.2) is 0 Å². The van der Waals surface area contributed by atoms with Crippen molar-refractivity contribution < 1.29 is 13.9 Å². The normalized spacial score (nSPS) is 20.7. The number of rotatable bonds is 6. The molecule has 4 nitrogen and oxygen atoms in total. The lowest BCUT2D eigenvalue weighted by atomic mass is 9.95. The molecule has 0 saturated heterocycles. The van der Waals surface area contributed by atoms with E-state index in [1.165, 1.54) is 0 Å². The predicted molar refractivity (Wildman–Crippen MR) is 83.7 cm³/mol. The van der Waals surface area contributed by atoms with Crippen molar-refractivity contribution in [3.8, 4) is 5.75 Å². The molecule has 2 rings (SSSR count). The van der Waals surface area contributed by atoms with Crippen LogP contribution < -0.4 is 15.8 Å². The zero-order valence-electron chi connectivity index (χ0n) is 11.9. The minimum absolute atomic E-state index is 0. The number of alkyl halides is 1. The lowest BCUT2D eigenvalue weighted by Gasteiger charge is -2.17. The van der Waals surface area contributed by atoms with Gasteiger partial charge in [-0.1, -0.05) is 12.5 Å². The van der Waals surface area contributed by atoms with E-state index in [1.54, 1.807) is 24.3 Å². The molecule has 1 fully saturated rings. The Morgan fingerprint density at radius 1 is 1.43 bits per heavy atom. The van der Waals surface area contributed by atoms with Gasteiger partial charge in [-0.15, -0.1) is 12.4 Å². The van der Waals surface area contributed by atoms with Gasteiger partial charge in [-0.25, -0.2) is 4.39 Å². The first-order valence-electron chi connectivity index (χ1n) is 7.04. The molecular weight excluding hydrogens is 295 g/mol. The molecule has 0 unspecified atom stereocenters. The van der Waals surface area contributed by atoms with Crippen LogP contribution in [0.3, 0.4) is 0 Å². The quantitative estimate of drug-likeness (QED) is 0.848. The van der Waals surface area contributed by atoms with E-state index in [9.17, 15) is 9.18 Å². The molecule has 3 N–H and O–H groups in total. The minimum Gasteiger partial charge on any atom is -0.491 e. The van der Waals surface area contributed by atoms with Gasteiger partial charge < -0.3 is 15.8 Å². The highest BCUT2D eigenvalue weighted by Gasteiger charge is 2.31. The van der Waals surface area contributed by atoms with Crippen molar-refractivity contribution in [2.45, 2.75) is 19.3 Å². The molecule has 118 valence electrons. The van der Waals surface area contributed by atoms with E-state index in [0.29, 0.717) is 18.0 Å². The van der Waals surface area contributed by atoms with Crippen LogP contribution in [-0.2, 0) is 4.79 Å². The maximum Gasteiger partial charge on any atom is 0.227 e. The summed E-state index contributed by atoms with van der Waals surface area (Å²) in [6, 6.07) is 7.02. The Bertz CT molecular complexity index is 459. The van der Waals surface area contributed by atoms with Crippen molar-refractivity contribution in [3.05, 3.63) is 24.3 Å². The summed E-state index contributed by atoms with van der Waals surface area (Å²) >= 11 is 0. The van der Waals surface area contributed by atoms with Gasteiger partial charge in [-0.05, 0) is 37.4 Å². The summed E-state index contributed by atoms with van der Waals surface area (Å²) in [5, 5.41) is 2.90. The van der Waals surface area contributed by atoms with Gasteiger partial charge in [-0.3, -0.25) is 4.79 Å². The third kappa shape index (κ3) is 4.86. The van der Waals surface area contributed by atoms with E-state index in [0.717, 1.165) is 19.3 Å². The molecule has 1 aromatic rings. The van der Waals surface area contributed by atoms with Gasteiger partial charge in [0.05, 0.1) is 0 Å². The molecule has 6 heteroatoms. The zero-order valence-corrected chi connectivity index (χ0v) is 12.7. The molecule has 0 heterocycles. The lowest BCUT2D eigenvalue weighted by molar-refractivity contribution is -0.120. The van der Waals surface area contributed by atoms with Crippen LogP contribution in [0.1, 0.15) is 19.3 Å². The van der Waals surface area contributed by atoms with Gasteiger partial charge in [0, 0.05) is 17.7 Å². The average Bonchev–Trinajstić information content (AvgIpc) is 2.94. The molecule has 1 aromatic carbocycles. The average molecular weight is 317 g/mol. The number of ether oxygens (including phenoxy) is 1. The highest BCUT2D eigenvalue weighted by atomic mass is 35.5. The van der Waals surface area contributed by atoms with Gasteiger partial charge in [0.2, 0.25) is 5.91 Å². The second kappa shape index (κ2) is 8.85. The minimum atomic E-state index is -0.531. The van der Waals surface area contributed by atoms with Crippen LogP contribution in [0.25, 0.3) is 0 Å². The summed E-state index contributed by atoms with van der Waals surface area (Å²) in [7, 11) is 0. The van der Waals surface area contributed by atoms with Crippen LogP contribution in [0.4, 0.5) is 10.1 Å². The van der Waals surface area contributed by atoms with Crippen LogP contribution in [0.15, 0.2) is 24.3 Å². The van der Waals surface area contributed by atoms with Crippen molar-refractivity contribution in [1.29, 1.82) is 0 Å². The Morgan fingerprint density at radius 2 is 2.24 bits per heavy atom. The molecule has 2 atom stereocenters. The number of carbonyl (C=O) groups is 1. The lowest BCUT2D eigenvalue weighted by Crippen LogP contribution is -2.29. The van der Waals surface area contributed by atoms with Crippen LogP contribution in [0.2, 0.25) is 0 Å². The third-order valence-electron chi connectivity index (χ3n) is 3.75. The fourth-order valence-electron chi connectivity index (χ4n) is 2.72. The van der Waals surface area contributed by atoms with E-state index in [1.807, 2.05) is 0 Å². The largest absolute Gasteiger partial charge is 0.491 e. The Morgan fingerprint density at radius 3 is 2.95 bits per heavy atom. The fraction of sp³-hybridized carbons (Fsp3) is 0.533. The SMILES string of the molecule is Cl.NC[C@H]1CCC[C@H]1C(=O)Nc1cccc(OCCF)c1. The number of hydrogen-bond donors (Lipinski definition) is 2. The van der Waals surface area contributed by atoms with Crippen molar-refractivity contribution in [1.82, 2.24) is 0 Å². The standard InChI is InChI=1S/C15H21FN2O2.ClH/c16-7-8-20-13-5-2-4-12(9-13)18-15(19)14-6-1-3-11(14)10-17;/h2,4-5,9,11,14H,1,3,6-8,10,17H2,(H,18,19);1H/t11-,14-;/m1./s1. The molecule has 1 aliphatic carbocycles. The van der Waals surface area contributed by atoms with Gasteiger partial charge >= 0.3 is 0 Å². The number of nitrogens with two attached hydrogens (primary N) is 1. The molecule has 0 aliphatic heterocycles. The molecular formula is C15H22ClFN2O2. The first-order valence-corrected chi connectivity index (χ1v) is 7.04. The fourth-order valence-corrected chi connectivity index (χ4v) is 2.72. The van der Waals surface area contributed by atoms with E-state index in [-0.39, 0.29) is 36.8 Å². The molecule has 0 spiro atoms. The van der Waals surface area contributed by atoms with Crippen molar-refractivity contribution in [2.75, 3.05) is 25.1 Å². The van der Waals surface area contributed by atoms with Crippen LogP contribution >= 0.6 is 12.4 Å². The van der Waals surface area contributed by atoms with Gasteiger partial charge in [0.25, 0.3) is 0 Å². The first kappa shape index (κ1) is 17.7. The molecule has 21 heavy (non-hydrogen) atoms. The Hall–Kier alpha value is -1.33. The van der Waals surface area contributed by atoms with E-state index < -0.39 is 6.67 Å². The number of carbonyl (C=O) groups excluding carboxylic acids is 1. The van der Waals surface area contributed by atoms with Crippen LogP contribution in [-0.4, -0.2) is 25.7 Å². The number of halogens is 2. The second-order valence-corrected chi connectivity index (χ2v) is 5.09. The predicted octanol–water partition coefficient (Wildman–Crippen LogP) is 2.77. The number of nitrogens with one attached hydrogen (secondary N) is 1. The summed E-state index contributed by atoms with van der Waals surface area (Å²) in [6.45, 7) is 0.0455. The van der Waals surface area contributed by atoms with Crippen LogP contribution in [0, 0.1) is 11.8 Å². The monoisotopic (exact) mass is 316 g/mol. The number of anilines is 1. The number of amides is 1. The molecule has 1 saturated carbocycles. The van der Waals surface area contributed by atoms with E-state index in [4.69, 9.17) is 10.5 Å². The molecule has 0 aromatic heterocycles. The van der Waals surface area contributed by atoms with Crippen molar-refractivity contribution >= 4 is 24.0 Å². The summed E-state index contributed by atoms with van der Waals surface area (Å²) in [5.41, 5.74) is 6.37. The maximum atomic E-state index is 12.2. The zero-order chi connectivity index (χ0) is 14.4. The summed E-state index contributed by atoms with van der Waals surface area (Å²) in [6.07, 6.45) is 2.97. The van der Waals surface area contributed by atoms with Gasteiger partial charge in [0.1, 0.15) is 19.0 Å². The molecule has 0 radical (unpaired) electrons. The maximum absolute atomic E-state index is 12.2. The topological polar surface area (TPSA) is 64.4 Å². The third-order valence-corrected chi connectivity index (χ3v) is 3.75. The molecule has 1 amide bonds. The number of hydrogen-bond acceptors (Lipinski definition) is 3. The molecule has 1 aliphatic rings. The first-order chi connectivity index (χ1) is 9.74. The summed E-state index contributed by atoms with van der Waals surface area (Å²) < 4.78 is 17.3. The van der Waals surface area contributed by atoms with Crippen molar-refractivity contribution in [2.24, 2.45) is 17.6 Å². The van der Waals surface area contributed by atoms with Gasteiger partial charge in [-0.2, -0.15) is 0 Å². The Kier molecular flexibility index (Phi) is 7.47. The van der Waals surface area contributed by atoms with E-state index in [2.05, 4.69) is 5.32 Å². The highest BCUT2D eigenvalue weighted by molar-refractivity contribution is 5.93. The number of benzene rings is 1. The second-order valence-electron chi connectivity index (χ2n) is 5.09. The van der Waals surface area contributed by atoms with Crippen molar-refractivity contribution in [3.63, 3.8) is 0 Å². The molecule has 0 bridgehead atoms. The summed E-state index contributed by atoms with van der Waals surface area (Å²) in [4.78, 5) is 12.2. The van der Waals surface area contributed by atoms with E-state index >= 15 is 0 Å².